The summed E-state index contributed by atoms with van der Waals surface area (Å²) in [4.78, 5) is 3.83. The monoisotopic (exact) mass is 126 g/mol. The lowest BCUT2D eigenvalue weighted by molar-refractivity contribution is 0.173. The molecule has 1 rings (SSSR count). The summed E-state index contributed by atoms with van der Waals surface area (Å²) in [5.41, 5.74) is 0. The molecule has 0 aromatic carbocycles. The Balaban J connectivity index is 2.48. The Labute approximate surface area is 54.0 Å². The highest BCUT2D eigenvalue weighted by Gasteiger charge is 1.93. The molecule has 50 valence electrons. The molecule has 0 radical (unpaired) electrons. The van der Waals surface area contributed by atoms with Crippen molar-refractivity contribution in [3.8, 4) is 0 Å². The van der Waals surface area contributed by atoms with Gasteiger partial charge in [-0.3, -0.25) is 0 Å². The molecule has 0 fully saturated rings. The highest BCUT2D eigenvalue weighted by Crippen LogP contribution is 1.89. The van der Waals surface area contributed by atoms with E-state index in [0.717, 1.165) is 0 Å². The van der Waals surface area contributed by atoms with Crippen LogP contribution in [0, 0.1) is 0 Å². The predicted molar refractivity (Wildman–Crippen MR) is 33.9 cm³/mol. The van der Waals surface area contributed by atoms with Crippen molar-refractivity contribution in [1.29, 1.82) is 0 Å². The molecule has 3 nitrogen and oxygen atoms in total. The molecular weight excluding hydrogens is 116 g/mol. The lowest BCUT2D eigenvalue weighted by Gasteiger charge is -2.02. The van der Waals surface area contributed by atoms with Crippen LogP contribution in [0.2, 0.25) is 0 Å². The van der Waals surface area contributed by atoms with Crippen LogP contribution in [0.4, 0.5) is 0 Å². The number of rotatable bonds is 2. The molecule has 0 aliphatic rings. The molecule has 0 aliphatic heterocycles. The van der Waals surface area contributed by atoms with Crippen LogP contribution < -0.4 is 0 Å². The molecule has 0 aliphatic carbocycles. The summed E-state index contributed by atoms with van der Waals surface area (Å²) in [7, 11) is 0. The van der Waals surface area contributed by atoms with E-state index >= 15 is 0 Å². The first-order valence-electron chi connectivity index (χ1n) is 2.93. The van der Waals surface area contributed by atoms with Gasteiger partial charge in [0.05, 0.1) is 12.4 Å². The van der Waals surface area contributed by atoms with Gasteiger partial charge in [0.15, 0.2) is 0 Å². The molecule has 1 aromatic rings. The first kappa shape index (κ1) is 6.29. The zero-order chi connectivity index (χ0) is 6.69. The summed E-state index contributed by atoms with van der Waals surface area (Å²) < 4.78 is 1.84. The van der Waals surface area contributed by atoms with E-state index in [1.807, 2.05) is 10.8 Å². The van der Waals surface area contributed by atoms with Gasteiger partial charge in [0, 0.05) is 18.9 Å². The molecule has 0 spiro atoms. The lowest BCUT2D eigenvalue weighted by Crippen LogP contribution is -2.09. The normalized spacial score (nSPS) is 13.6. The van der Waals surface area contributed by atoms with Gasteiger partial charge in [-0.05, 0) is 6.92 Å². The van der Waals surface area contributed by atoms with Crippen molar-refractivity contribution in [2.45, 2.75) is 19.6 Å². The van der Waals surface area contributed by atoms with Gasteiger partial charge >= 0.3 is 0 Å². The Kier molecular flexibility index (Phi) is 1.85. The van der Waals surface area contributed by atoms with Crippen LogP contribution in [0.1, 0.15) is 6.92 Å². The number of aliphatic hydroxyl groups is 1. The van der Waals surface area contributed by atoms with Gasteiger partial charge in [-0.2, -0.15) is 0 Å². The fourth-order valence-corrected chi connectivity index (χ4v) is 0.700. The fraction of sp³-hybridized carbons (Fsp3) is 0.500. The van der Waals surface area contributed by atoms with Crippen molar-refractivity contribution in [3.63, 3.8) is 0 Å². The van der Waals surface area contributed by atoms with Crippen LogP contribution in [0.5, 0.6) is 0 Å². The molecule has 9 heavy (non-hydrogen) atoms. The Bertz CT molecular complexity index is 158. The SMILES string of the molecule is C[C@@H](O)Cn1ccnc1. The Hall–Kier alpha value is -0.830. The van der Waals surface area contributed by atoms with E-state index in [1.165, 1.54) is 0 Å². The van der Waals surface area contributed by atoms with E-state index < -0.39 is 0 Å². The molecule has 0 saturated heterocycles. The smallest absolute Gasteiger partial charge is 0.0946 e. The Morgan fingerprint density at radius 1 is 1.78 bits per heavy atom. The Morgan fingerprint density at radius 2 is 2.56 bits per heavy atom. The molecule has 0 amide bonds. The van der Waals surface area contributed by atoms with Crippen LogP contribution >= 0.6 is 0 Å². The number of hydrogen-bond acceptors (Lipinski definition) is 2. The third-order valence-electron chi connectivity index (χ3n) is 1.03. The summed E-state index contributed by atoms with van der Waals surface area (Å²) in [6.07, 6.45) is 4.92. The molecule has 1 heterocycles. The summed E-state index contributed by atoms with van der Waals surface area (Å²) in [6.45, 7) is 2.38. The summed E-state index contributed by atoms with van der Waals surface area (Å²) >= 11 is 0. The third-order valence-corrected chi connectivity index (χ3v) is 1.03. The number of aromatic nitrogens is 2. The third kappa shape index (κ3) is 1.85. The van der Waals surface area contributed by atoms with Crippen LogP contribution in [0.15, 0.2) is 18.7 Å². The lowest BCUT2D eigenvalue weighted by atomic mass is 10.4. The molecule has 1 atom stereocenters. The van der Waals surface area contributed by atoms with Crippen molar-refractivity contribution >= 4 is 0 Å². The zero-order valence-corrected chi connectivity index (χ0v) is 5.36. The minimum atomic E-state index is -0.292. The molecule has 0 bridgehead atoms. The maximum atomic E-state index is 8.88. The fourth-order valence-electron chi connectivity index (χ4n) is 0.700. The maximum absolute atomic E-state index is 8.88. The molecule has 1 aromatic heterocycles. The average molecular weight is 126 g/mol. The molecule has 0 saturated carbocycles. The zero-order valence-electron chi connectivity index (χ0n) is 5.36. The predicted octanol–water partition coefficient (Wildman–Crippen LogP) is 0.264. The molecule has 0 unspecified atom stereocenters. The van der Waals surface area contributed by atoms with Gasteiger partial charge in [-0.15, -0.1) is 0 Å². The van der Waals surface area contributed by atoms with Gasteiger partial charge < -0.3 is 9.67 Å². The van der Waals surface area contributed by atoms with Crippen molar-refractivity contribution in [2.24, 2.45) is 0 Å². The van der Waals surface area contributed by atoms with E-state index in [4.69, 9.17) is 5.11 Å². The van der Waals surface area contributed by atoms with Crippen molar-refractivity contribution in [2.75, 3.05) is 0 Å². The molecular formula is C6H10N2O. The summed E-state index contributed by atoms with van der Waals surface area (Å²) in [5.74, 6) is 0. The number of imidazole rings is 1. The van der Waals surface area contributed by atoms with Gasteiger partial charge in [-0.25, -0.2) is 4.98 Å². The van der Waals surface area contributed by atoms with Gasteiger partial charge in [0.1, 0.15) is 0 Å². The standard InChI is InChI=1S/C6H10N2O/c1-6(9)4-8-3-2-7-5-8/h2-3,5-6,9H,4H2,1H3/t6-/m1/s1. The number of aliphatic hydroxyl groups excluding tert-OH is 1. The van der Waals surface area contributed by atoms with E-state index in [2.05, 4.69) is 4.98 Å². The van der Waals surface area contributed by atoms with E-state index in [-0.39, 0.29) is 6.10 Å². The summed E-state index contributed by atoms with van der Waals surface area (Å²) in [6, 6.07) is 0. The van der Waals surface area contributed by atoms with Gasteiger partial charge in [0.2, 0.25) is 0 Å². The molecule has 1 N–H and O–H groups in total. The topological polar surface area (TPSA) is 38.0 Å². The van der Waals surface area contributed by atoms with Gasteiger partial charge in [0.25, 0.3) is 0 Å². The van der Waals surface area contributed by atoms with Crippen LogP contribution in [0.25, 0.3) is 0 Å². The minimum Gasteiger partial charge on any atom is -0.392 e. The van der Waals surface area contributed by atoms with E-state index in [9.17, 15) is 0 Å². The van der Waals surface area contributed by atoms with Crippen LogP contribution in [-0.4, -0.2) is 20.8 Å². The number of hydrogen-bond donors (Lipinski definition) is 1. The van der Waals surface area contributed by atoms with Crippen molar-refractivity contribution in [1.82, 2.24) is 9.55 Å². The van der Waals surface area contributed by atoms with E-state index in [1.54, 1.807) is 19.4 Å². The van der Waals surface area contributed by atoms with E-state index in [0.29, 0.717) is 6.54 Å². The number of nitrogens with zero attached hydrogens (tertiary/aromatic N) is 2. The van der Waals surface area contributed by atoms with Crippen molar-refractivity contribution < 1.29 is 5.11 Å². The largest absolute Gasteiger partial charge is 0.392 e. The average Bonchev–Trinajstić information content (AvgIpc) is 2.15. The van der Waals surface area contributed by atoms with Crippen LogP contribution in [0.3, 0.4) is 0 Å². The highest BCUT2D eigenvalue weighted by atomic mass is 16.3. The van der Waals surface area contributed by atoms with Crippen LogP contribution in [-0.2, 0) is 6.54 Å². The van der Waals surface area contributed by atoms with Crippen molar-refractivity contribution in [3.05, 3.63) is 18.7 Å². The second-order valence-electron chi connectivity index (χ2n) is 2.11. The quantitative estimate of drug-likeness (QED) is 0.617. The summed E-state index contributed by atoms with van der Waals surface area (Å²) in [5, 5.41) is 8.88. The highest BCUT2D eigenvalue weighted by molar-refractivity contribution is 4.74. The van der Waals surface area contributed by atoms with Gasteiger partial charge in [-0.1, -0.05) is 0 Å². The second-order valence-corrected chi connectivity index (χ2v) is 2.11. The minimum absolute atomic E-state index is 0.292. The first-order chi connectivity index (χ1) is 4.29. The first-order valence-corrected chi connectivity index (χ1v) is 2.93. The molecule has 3 heteroatoms. The maximum Gasteiger partial charge on any atom is 0.0946 e. The Morgan fingerprint density at radius 3 is 3.00 bits per heavy atom. The second kappa shape index (κ2) is 2.64.